The van der Waals surface area contributed by atoms with Gasteiger partial charge in [0.2, 0.25) is 0 Å². The molecule has 4 aromatic rings. The molecule has 0 aliphatic carbocycles. The minimum Gasteiger partial charge on any atom is -0.340 e. The summed E-state index contributed by atoms with van der Waals surface area (Å²) in [5.41, 5.74) is 6.81. The van der Waals surface area contributed by atoms with Gasteiger partial charge in [0.15, 0.2) is 0 Å². The van der Waals surface area contributed by atoms with Crippen LogP contribution in [0.3, 0.4) is 0 Å². The Morgan fingerprint density at radius 1 is 0.765 bits per heavy atom. The van der Waals surface area contributed by atoms with Gasteiger partial charge < -0.3 is 5.32 Å². The first-order valence-corrected chi connectivity index (χ1v) is 10.9. The molecule has 0 saturated heterocycles. The van der Waals surface area contributed by atoms with Crippen LogP contribution in [0.15, 0.2) is 91.0 Å². The summed E-state index contributed by atoms with van der Waals surface area (Å²) < 4.78 is 0. The average Bonchev–Trinajstić information content (AvgIpc) is 2.87. The third-order valence-corrected chi connectivity index (χ3v) is 5.39. The van der Waals surface area contributed by atoms with Gasteiger partial charge >= 0.3 is 0 Å². The molecule has 0 saturated carbocycles. The highest BCUT2D eigenvalue weighted by Crippen LogP contribution is 2.12. The Hall–Kier alpha value is -4.23. The van der Waals surface area contributed by atoms with E-state index in [2.05, 4.69) is 21.2 Å². The van der Waals surface area contributed by atoms with Crippen molar-refractivity contribution in [3.8, 4) is 0 Å². The molecule has 170 valence electrons. The predicted octanol–water partition coefficient (Wildman–Crippen LogP) is 3.69. The molecule has 0 radical (unpaired) electrons. The first-order chi connectivity index (χ1) is 16.5. The molecule has 1 atom stereocenters. The maximum atomic E-state index is 12.9. The molecule has 0 aliphatic rings. The van der Waals surface area contributed by atoms with Crippen LogP contribution in [0, 0.1) is 0 Å². The topological polar surface area (TPSA) is 100 Å². The number of nitrogens with zero attached hydrogens (tertiary/aromatic N) is 1. The number of amides is 3. The number of rotatable bonds is 6. The van der Waals surface area contributed by atoms with E-state index >= 15 is 0 Å². The van der Waals surface area contributed by atoms with Gasteiger partial charge in [-0.05, 0) is 42.0 Å². The molecule has 34 heavy (non-hydrogen) atoms. The second-order valence-corrected chi connectivity index (χ2v) is 7.99. The summed E-state index contributed by atoms with van der Waals surface area (Å²) in [7, 11) is 0. The normalized spacial score (nSPS) is 11.4. The highest BCUT2D eigenvalue weighted by atomic mass is 35.5. The lowest BCUT2D eigenvalue weighted by molar-refractivity contribution is -0.123. The first kappa shape index (κ1) is 22.9. The third kappa shape index (κ3) is 5.76. The summed E-state index contributed by atoms with van der Waals surface area (Å²) in [6.07, 6.45) is 0.232. The molecule has 3 N–H and O–H groups in total. The van der Waals surface area contributed by atoms with E-state index in [0.29, 0.717) is 16.1 Å². The van der Waals surface area contributed by atoms with Crippen LogP contribution in [-0.2, 0) is 11.2 Å². The van der Waals surface area contributed by atoms with Crippen molar-refractivity contribution in [2.75, 3.05) is 0 Å². The van der Waals surface area contributed by atoms with Crippen LogP contribution < -0.4 is 16.2 Å². The second kappa shape index (κ2) is 10.6. The number of aromatic nitrogens is 1. The third-order valence-electron chi connectivity index (χ3n) is 5.14. The van der Waals surface area contributed by atoms with Crippen LogP contribution in [-0.4, -0.2) is 28.7 Å². The fourth-order valence-corrected chi connectivity index (χ4v) is 3.49. The largest absolute Gasteiger partial charge is 0.340 e. The summed E-state index contributed by atoms with van der Waals surface area (Å²) >= 11 is 5.89. The Balaban J connectivity index is 1.45. The fourth-order valence-electron chi connectivity index (χ4n) is 3.36. The van der Waals surface area contributed by atoms with Gasteiger partial charge in [-0.15, -0.1) is 0 Å². The van der Waals surface area contributed by atoms with Crippen LogP contribution in [0.25, 0.3) is 10.9 Å². The molecule has 4 rings (SSSR count). The molecular weight excluding hydrogens is 452 g/mol. The van der Waals surface area contributed by atoms with Crippen LogP contribution in [0.5, 0.6) is 0 Å². The van der Waals surface area contributed by atoms with Gasteiger partial charge in [0.25, 0.3) is 17.7 Å². The Bertz CT molecular complexity index is 1330. The van der Waals surface area contributed by atoms with E-state index in [1.54, 1.807) is 42.5 Å². The number of halogens is 1. The van der Waals surface area contributed by atoms with Crippen LogP contribution >= 0.6 is 11.6 Å². The molecule has 3 aromatic carbocycles. The van der Waals surface area contributed by atoms with Crippen molar-refractivity contribution in [3.63, 3.8) is 0 Å². The predicted molar refractivity (Wildman–Crippen MR) is 130 cm³/mol. The number of hydrogen-bond acceptors (Lipinski definition) is 4. The van der Waals surface area contributed by atoms with Gasteiger partial charge in [0, 0.05) is 22.4 Å². The molecule has 7 nitrogen and oxygen atoms in total. The summed E-state index contributed by atoms with van der Waals surface area (Å²) in [4.78, 5) is 42.5. The molecule has 0 spiro atoms. The monoisotopic (exact) mass is 472 g/mol. The molecule has 3 amide bonds. The Morgan fingerprint density at radius 3 is 2.24 bits per heavy atom. The molecule has 1 aromatic heterocycles. The van der Waals surface area contributed by atoms with Crippen LogP contribution in [0.4, 0.5) is 0 Å². The Labute approximate surface area is 201 Å². The van der Waals surface area contributed by atoms with Gasteiger partial charge in [-0.25, -0.2) is 4.98 Å². The van der Waals surface area contributed by atoms with Crippen molar-refractivity contribution in [3.05, 3.63) is 113 Å². The number of pyridine rings is 1. The zero-order chi connectivity index (χ0) is 23.9. The maximum absolute atomic E-state index is 12.9. The van der Waals surface area contributed by atoms with E-state index in [0.717, 1.165) is 10.9 Å². The number of nitrogens with one attached hydrogen (secondary N) is 3. The standard InChI is InChI=1S/C26H21ClN4O3/c27-20-13-10-19(11-14-20)24(32)29-23(16-17-6-2-1-3-7-17)26(34)31-30-25(33)22-15-12-18-8-4-5-9-21(18)28-22/h1-15,23H,16H2,(H,29,32)(H,30,33)(H,31,34). The molecule has 1 unspecified atom stereocenters. The molecule has 8 heteroatoms. The number of carbonyl (C=O) groups excluding carboxylic acids is 3. The van der Waals surface area contributed by atoms with E-state index in [1.807, 2.05) is 48.5 Å². The minimum absolute atomic E-state index is 0.156. The van der Waals surface area contributed by atoms with E-state index in [1.165, 1.54) is 0 Å². The smallest absolute Gasteiger partial charge is 0.288 e. The zero-order valence-electron chi connectivity index (χ0n) is 18.0. The minimum atomic E-state index is -0.935. The van der Waals surface area contributed by atoms with Crippen molar-refractivity contribution in [2.45, 2.75) is 12.5 Å². The van der Waals surface area contributed by atoms with Crippen molar-refractivity contribution < 1.29 is 14.4 Å². The lowest BCUT2D eigenvalue weighted by Crippen LogP contribution is -2.53. The summed E-state index contributed by atoms with van der Waals surface area (Å²) in [5.74, 6) is -1.57. The van der Waals surface area contributed by atoms with Gasteiger partial charge in [-0.1, -0.05) is 66.2 Å². The van der Waals surface area contributed by atoms with E-state index < -0.39 is 23.8 Å². The van der Waals surface area contributed by atoms with E-state index in [9.17, 15) is 14.4 Å². The van der Waals surface area contributed by atoms with Gasteiger partial charge in [-0.2, -0.15) is 0 Å². The first-order valence-electron chi connectivity index (χ1n) is 10.6. The summed E-state index contributed by atoms with van der Waals surface area (Å²) in [6, 6.07) is 25.4. The van der Waals surface area contributed by atoms with Gasteiger partial charge in [-0.3, -0.25) is 25.2 Å². The number of para-hydroxylation sites is 1. The number of carbonyl (C=O) groups is 3. The van der Waals surface area contributed by atoms with Gasteiger partial charge in [0.1, 0.15) is 11.7 Å². The molecular formula is C26H21ClN4O3. The number of benzene rings is 3. The second-order valence-electron chi connectivity index (χ2n) is 7.56. The molecule has 0 aliphatic heterocycles. The van der Waals surface area contributed by atoms with Crippen LogP contribution in [0.2, 0.25) is 5.02 Å². The number of hydrogen-bond donors (Lipinski definition) is 3. The highest BCUT2D eigenvalue weighted by Gasteiger charge is 2.23. The van der Waals surface area contributed by atoms with E-state index in [4.69, 9.17) is 11.6 Å². The van der Waals surface area contributed by atoms with Crippen LogP contribution in [0.1, 0.15) is 26.4 Å². The lowest BCUT2D eigenvalue weighted by atomic mass is 10.0. The maximum Gasteiger partial charge on any atom is 0.288 e. The lowest BCUT2D eigenvalue weighted by Gasteiger charge is -2.19. The van der Waals surface area contributed by atoms with E-state index in [-0.39, 0.29) is 12.1 Å². The highest BCUT2D eigenvalue weighted by molar-refractivity contribution is 6.30. The zero-order valence-corrected chi connectivity index (χ0v) is 18.8. The number of fused-ring (bicyclic) bond motifs is 1. The molecule has 1 heterocycles. The SMILES string of the molecule is O=C(NC(Cc1ccccc1)C(=O)NNC(=O)c1ccc2ccccc2n1)c1ccc(Cl)cc1. The Morgan fingerprint density at radius 2 is 1.47 bits per heavy atom. The molecule has 0 fully saturated rings. The van der Waals surface area contributed by atoms with Crippen molar-refractivity contribution in [1.29, 1.82) is 0 Å². The quantitative estimate of drug-likeness (QED) is 0.372. The van der Waals surface area contributed by atoms with Crippen molar-refractivity contribution >= 4 is 40.2 Å². The molecule has 0 bridgehead atoms. The Kier molecular flexibility index (Phi) is 7.15. The van der Waals surface area contributed by atoms with Gasteiger partial charge in [0.05, 0.1) is 5.52 Å². The summed E-state index contributed by atoms with van der Waals surface area (Å²) in [5, 5.41) is 4.13. The average molecular weight is 473 g/mol. The van der Waals surface area contributed by atoms with Crippen molar-refractivity contribution in [1.82, 2.24) is 21.2 Å². The van der Waals surface area contributed by atoms with Crippen molar-refractivity contribution in [2.24, 2.45) is 0 Å². The summed E-state index contributed by atoms with van der Waals surface area (Å²) in [6.45, 7) is 0. The fraction of sp³-hybridized carbons (Fsp3) is 0.0769. The number of hydrazine groups is 1.